The molecule has 1 aromatic carbocycles. The second-order valence-corrected chi connectivity index (χ2v) is 9.35. The number of nitrogens with zero attached hydrogens (tertiary/aromatic N) is 1. The fourth-order valence-corrected chi connectivity index (χ4v) is 5.26. The van der Waals surface area contributed by atoms with Crippen molar-refractivity contribution in [1.29, 1.82) is 0 Å². The van der Waals surface area contributed by atoms with E-state index in [4.69, 9.17) is 0 Å². The van der Waals surface area contributed by atoms with Crippen molar-refractivity contribution in [3.05, 3.63) is 47.3 Å². The van der Waals surface area contributed by atoms with E-state index in [1.165, 1.54) is 0 Å². The number of aliphatic hydroxyl groups is 1. The van der Waals surface area contributed by atoms with Gasteiger partial charge < -0.3 is 10.0 Å². The Labute approximate surface area is 157 Å². The lowest BCUT2D eigenvalue weighted by atomic mass is 10.1. The molecule has 2 heterocycles. The minimum absolute atomic E-state index is 0.0551. The third-order valence-corrected chi connectivity index (χ3v) is 7.17. The summed E-state index contributed by atoms with van der Waals surface area (Å²) < 4.78 is 27.2. The van der Waals surface area contributed by atoms with Crippen molar-refractivity contribution >= 4 is 33.0 Å². The van der Waals surface area contributed by atoms with Gasteiger partial charge in [0.2, 0.25) is 0 Å². The standard InChI is InChI=1S/C18H22N2O4S2/c1-13(21)12-16-4-2-10-20(16)18(22)14-6-8-15(9-7-14)19-26(23,24)17-5-3-11-25-17/h3,5-9,11,13,16,19,21H,2,4,10,12H2,1H3. The van der Waals surface area contributed by atoms with Crippen molar-refractivity contribution in [3.8, 4) is 0 Å². The molecule has 1 aliphatic rings. The van der Waals surface area contributed by atoms with Crippen molar-refractivity contribution < 1.29 is 18.3 Å². The van der Waals surface area contributed by atoms with Crippen LogP contribution < -0.4 is 4.72 Å². The molecule has 26 heavy (non-hydrogen) atoms. The molecule has 0 saturated carbocycles. The molecule has 2 atom stereocenters. The smallest absolute Gasteiger partial charge is 0.271 e. The Balaban J connectivity index is 1.70. The van der Waals surface area contributed by atoms with Gasteiger partial charge >= 0.3 is 0 Å². The van der Waals surface area contributed by atoms with Crippen LogP contribution in [0.1, 0.15) is 36.5 Å². The maximum atomic E-state index is 12.7. The van der Waals surface area contributed by atoms with E-state index < -0.39 is 16.1 Å². The largest absolute Gasteiger partial charge is 0.393 e. The number of anilines is 1. The highest BCUT2D eigenvalue weighted by atomic mass is 32.2. The summed E-state index contributed by atoms with van der Waals surface area (Å²) in [4.78, 5) is 14.5. The number of likely N-dealkylation sites (tertiary alicyclic amines) is 1. The van der Waals surface area contributed by atoms with Crippen LogP contribution in [0, 0.1) is 0 Å². The Morgan fingerprint density at radius 1 is 1.35 bits per heavy atom. The fraction of sp³-hybridized carbons (Fsp3) is 0.389. The van der Waals surface area contributed by atoms with Crippen LogP contribution in [0.15, 0.2) is 46.0 Å². The molecule has 1 amide bonds. The number of benzene rings is 1. The normalized spacial score (nSPS) is 18.7. The number of hydrogen-bond donors (Lipinski definition) is 2. The third kappa shape index (κ3) is 4.25. The Morgan fingerprint density at radius 2 is 2.08 bits per heavy atom. The first kappa shape index (κ1) is 18.9. The van der Waals surface area contributed by atoms with Crippen LogP contribution in [0.4, 0.5) is 5.69 Å². The summed E-state index contributed by atoms with van der Waals surface area (Å²) in [6.45, 7) is 2.42. The first-order chi connectivity index (χ1) is 12.4. The summed E-state index contributed by atoms with van der Waals surface area (Å²) >= 11 is 1.15. The van der Waals surface area contributed by atoms with Gasteiger partial charge in [0.25, 0.3) is 15.9 Å². The molecule has 2 aromatic rings. The molecular weight excluding hydrogens is 372 g/mol. The van der Waals surface area contributed by atoms with Crippen molar-refractivity contribution in [3.63, 3.8) is 0 Å². The van der Waals surface area contributed by atoms with E-state index in [1.54, 1.807) is 53.6 Å². The lowest BCUT2D eigenvalue weighted by molar-refractivity contribution is 0.0682. The van der Waals surface area contributed by atoms with E-state index in [-0.39, 0.29) is 16.2 Å². The molecule has 1 fully saturated rings. The molecule has 0 bridgehead atoms. The zero-order valence-electron chi connectivity index (χ0n) is 14.5. The predicted molar refractivity (Wildman–Crippen MR) is 102 cm³/mol. The zero-order chi connectivity index (χ0) is 18.7. The van der Waals surface area contributed by atoms with Gasteiger partial charge in [-0.2, -0.15) is 0 Å². The van der Waals surface area contributed by atoms with E-state index in [0.717, 1.165) is 24.2 Å². The second kappa shape index (κ2) is 7.77. The highest BCUT2D eigenvalue weighted by molar-refractivity contribution is 7.94. The Morgan fingerprint density at radius 3 is 2.69 bits per heavy atom. The number of hydrogen-bond acceptors (Lipinski definition) is 5. The van der Waals surface area contributed by atoms with E-state index in [2.05, 4.69) is 4.72 Å². The minimum Gasteiger partial charge on any atom is -0.393 e. The van der Waals surface area contributed by atoms with Gasteiger partial charge in [-0.15, -0.1) is 11.3 Å². The van der Waals surface area contributed by atoms with Crippen LogP contribution in [-0.2, 0) is 10.0 Å². The van der Waals surface area contributed by atoms with Crippen LogP contribution in [0.2, 0.25) is 0 Å². The maximum absolute atomic E-state index is 12.7. The molecule has 2 N–H and O–H groups in total. The van der Waals surface area contributed by atoms with Gasteiger partial charge in [-0.25, -0.2) is 8.42 Å². The molecule has 1 saturated heterocycles. The minimum atomic E-state index is -3.60. The molecule has 0 aliphatic carbocycles. The van der Waals surface area contributed by atoms with Gasteiger partial charge in [0, 0.05) is 23.8 Å². The molecule has 8 heteroatoms. The van der Waals surface area contributed by atoms with E-state index in [1.807, 2.05) is 0 Å². The average molecular weight is 395 g/mol. The molecule has 1 aromatic heterocycles. The Kier molecular flexibility index (Phi) is 5.64. The number of nitrogens with one attached hydrogen (secondary N) is 1. The quantitative estimate of drug-likeness (QED) is 0.789. The number of rotatable bonds is 6. The van der Waals surface area contributed by atoms with Crippen molar-refractivity contribution in [1.82, 2.24) is 4.90 Å². The number of sulfonamides is 1. The zero-order valence-corrected chi connectivity index (χ0v) is 16.1. The van der Waals surface area contributed by atoms with Crippen molar-refractivity contribution in [2.75, 3.05) is 11.3 Å². The van der Waals surface area contributed by atoms with E-state index in [9.17, 15) is 18.3 Å². The predicted octanol–water partition coefficient (Wildman–Crippen LogP) is 2.92. The van der Waals surface area contributed by atoms with Crippen LogP contribution in [0.5, 0.6) is 0 Å². The number of aliphatic hydroxyl groups excluding tert-OH is 1. The average Bonchev–Trinajstić information content (AvgIpc) is 3.26. The van der Waals surface area contributed by atoms with Gasteiger partial charge in [0.1, 0.15) is 4.21 Å². The van der Waals surface area contributed by atoms with Gasteiger partial charge in [-0.05, 0) is 61.9 Å². The number of carbonyl (C=O) groups excluding carboxylic acids is 1. The number of thiophene rings is 1. The van der Waals surface area contributed by atoms with Crippen LogP contribution in [0.25, 0.3) is 0 Å². The topological polar surface area (TPSA) is 86.7 Å². The fourth-order valence-electron chi connectivity index (χ4n) is 3.21. The summed E-state index contributed by atoms with van der Waals surface area (Å²) in [5.41, 5.74) is 0.929. The molecule has 1 aliphatic heterocycles. The van der Waals surface area contributed by atoms with Gasteiger partial charge in [-0.1, -0.05) is 6.07 Å². The molecule has 0 radical (unpaired) electrons. The van der Waals surface area contributed by atoms with E-state index >= 15 is 0 Å². The summed E-state index contributed by atoms with van der Waals surface area (Å²) in [5.74, 6) is -0.0826. The summed E-state index contributed by atoms with van der Waals surface area (Å²) in [7, 11) is -3.60. The van der Waals surface area contributed by atoms with Gasteiger partial charge in [-0.3, -0.25) is 9.52 Å². The SMILES string of the molecule is CC(O)CC1CCCN1C(=O)c1ccc(NS(=O)(=O)c2cccs2)cc1. The third-order valence-electron chi connectivity index (χ3n) is 4.40. The monoisotopic (exact) mass is 394 g/mol. The number of amides is 1. The maximum Gasteiger partial charge on any atom is 0.271 e. The first-order valence-corrected chi connectivity index (χ1v) is 10.9. The summed E-state index contributed by atoms with van der Waals surface area (Å²) in [5, 5.41) is 11.3. The summed E-state index contributed by atoms with van der Waals surface area (Å²) in [6, 6.07) is 9.73. The Bertz CT molecular complexity index is 846. The van der Waals surface area contributed by atoms with Crippen molar-refractivity contribution in [2.45, 2.75) is 42.5 Å². The lowest BCUT2D eigenvalue weighted by Crippen LogP contribution is -2.37. The van der Waals surface area contributed by atoms with E-state index in [0.29, 0.717) is 24.2 Å². The van der Waals surface area contributed by atoms with Crippen LogP contribution in [-0.4, -0.2) is 43.0 Å². The first-order valence-electron chi connectivity index (χ1n) is 8.52. The highest BCUT2D eigenvalue weighted by Crippen LogP contribution is 2.25. The molecule has 140 valence electrons. The Hall–Kier alpha value is -1.90. The molecule has 0 spiro atoms. The highest BCUT2D eigenvalue weighted by Gasteiger charge is 2.30. The summed E-state index contributed by atoms with van der Waals surface area (Å²) in [6.07, 6.45) is 1.96. The van der Waals surface area contributed by atoms with Gasteiger partial charge in [0.15, 0.2) is 0 Å². The number of carbonyl (C=O) groups is 1. The van der Waals surface area contributed by atoms with Crippen LogP contribution >= 0.6 is 11.3 Å². The molecule has 3 rings (SSSR count). The lowest BCUT2D eigenvalue weighted by Gasteiger charge is -2.25. The molecular formula is C18H22N2O4S2. The van der Waals surface area contributed by atoms with Crippen molar-refractivity contribution in [2.24, 2.45) is 0 Å². The van der Waals surface area contributed by atoms with Crippen LogP contribution in [0.3, 0.4) is 0 Å². The molecule has 2 unspecified atom stereocenters. The van der Waals surface area contributed by atoms with Gasteiger partial charge in [0.05, 0.1) is 6.10 Å². The second-order valence-electron chi connectivity index (χ2n) is 6.49. The molecule has 6 nitrogen and oxygen atoms in total.